The summed E-state index contributed by atoms with van der Waals surface area (Å²) in [6, 6.07) is 0. The standard InChI is InChI=1S/C17H24O5/c1-9(6-5-7-21-12(4)18)14-10(2)8-13-15(16(14)19)11(3)17(20)22-13/h9,13,15-16,19H,3,5-8H2,1-2,4H3/t9-,13-,15-,16-/m1/s1. The zero-order valence-corrected chi connectivity index (χ0v) is 13.4. The molecule has 4 atom stereocenters. The molecule has 122 valence electrons. The van der Waals surface area contributed by atoms with Crippen molar-refractivity contribution >= 4 is 11.9 Å². The van der Waals surface area contributed by atoms with Gasteiger partial charge in [-0.15, -0.1) is 0 Å². The molecule has 1 fully saturated rings. The van der Waals surface area contributed by atoms with E-state index in [0.717, 1.165) is 24.0 Å². The Kier molecular flexibility index (Phi) is 5.06. The van der Waals surface area contributed by atoms with Crippen molar-refractivity contribution in [2.24, 2.45) is 11.8 Å². The highest BCUT2D eigenvalue weighted by Gasteiger charge is 2.47. The minimum atomic E-state index is -0.721. The lowest BCUT2D eigenvalue weighted by molar-refractivity contribution is -0.141. The van der Waals surface area contributed by atoms with E-state index in [9.17, 15) is 14.7 Å². The molecule has 2 aliphatic rings. The topological polar surface area (TPSA) is 72.8 Å². The van der Waals surface area contributed by atoms with Crippen LogP contribution in [-0.2, 0) is 19.1 Å². The molecule has 1 saturated heterocycles. The first kappa shape index (κ1) is 16.7. The molecule has 5 heteroatoms. The van der Waals surface area contributed by atoms with Gasteiger partial charge >= 0.3 is 11.9 Å². The summed E-state index contributed by atoms with van der Waals surface area (Å²) < 4.78 is 10.2. The Labute approximate surface area is 131 Å². The maximum Gasteiger partial charge on any atom is 0.334 e. The van der Waals surface area contributed by atoms with Crippen LogP contribution in [0.1, 0.15) is 40.0 Å². The maximum absolute atomic E-state index is 11.6. The van der Waals surface area contributed by atoms with E-state index >= 15 is 0 Å². The average Bonchev–Trinajstić information content (AvgIpc) is 2.69. The summed E-state index contributed by atoms with van der Waals surface area (Å²) in [7, 11) is 0. The van der Waals surface area contributed by atoms with Crippen LogP contribution in [0, 0.1) is 11.8 Å². The maximum atomic E-state index is 11.6. The van der Waals surface area contributed by atoms with Crippen molar-refractivity contribution in [2.75, 3.05) is 6.61 Å². The van der Waals surface area contributed by atoms with E-state index in [0.29, 0.717) is 18.6 Å². The third-order valence-corrected chi connectivity index (χ3v) is 4.60. The van der Waals surface area contributed by atoms with Crippen LogP contribution in [0.25, 0.3) is 0 Å². The Morgan fingerprint density at radius 3 is 2.86 bits per heavy atom. The van der Waals surface area contributed by atoms with E-state index < -0.39 is 12.1 Å². The number of hydrogen-bond acceptors (Lipinski definition) is 5. The second kappa shape index (κ2) is 6.65. The number of aliphatic hydroxyl groups excluding tert-OH is 1. The predicted octanol–water partition coefficient (Wildman–Crippen LogP) is 2.14. The van der Waals surface area contributed by atoms with Crippen LogP contribution in [0.15, 0.2) is 23.3 Å². The van der Waals surface area contributed by atoms with E-state index in [2.05, 4.69) is 13.5 Å². The first-order valence-electron chi connectivity index (χ1n) is 7.73. The van der Waals surface area contributed by atoms with Crippen molar-refractivity contribution < 1.29 is 24.2 Å². The highest BCUT2D eigenvalue weighted by molar-refractivity contribution is 5.91. The molecule has 2 rings (SSSR count). The van der Waals surface area contributed by atoms with Crippen molar-refractivity contribution in [3.8, 4) is 0 Å². The van der Waals surface area contributed by atoms with Crippen LogP contribution >= 0.6 is 0 Å². The minimum absolute atomic E-state index is 0.162. The fraction of sp³-hybridized carbons (Fsp3) is 0.647. The normalized spacial score (nSPS) is 29.2. The molecule has 0 amide bonds. The number of hydrogen-bond donors (Lipinski definition) is 1. The molecule has 5 nitrogen and oxygen atoms in total. The van der Waals surface area contributed by atoms with Crippen LogP contribution in [0.5, 0.6) is 0 Å². The fourth-order valence-corrected chi connectivity index (χ4v) is 3.55. The lowest BCUT2D eigenvalue weighted by Gasteiger charge is -2.35. The van der Waals surface area contributed by atoms with Gasteiger partial charge in [0.2, 0.25) is 0 Å². The molecule has 1 aliphatic heterocycles. The van der Waals surface area contributed by atoms with Crippen molar-refractivity contribution in [2.45, 2.75) is 52.2 Å². The number of aliphatic hydroxyl groups is 1. The quantitative estimate of drug-likeness (QED) is 0.364. The zero-order chi connectivity index (χ0) is 16.4. The summed E-state index contributed by atoms with van der Waals surface area (Å²) in [6.45, 7) is 9.58. The summed E-state index contributed by atoms with van der Waals surface area (Å²) in [6.07, 6.45) is 1.20. The molecular weight excluding hydrogens is 284 g/mol. The molecule has 1 N–H and O–H groups in total. The van der Waals surface area contributed by atoms with E-state index in [1.807, 2.05) is 6.92 Å². The largest absolute Gasteiger partial charge is 0.466 e. The van der Waals surface area contributed by atoms with Crippen LogP contribution in [0.3, 0.4) is 0 Å². The molecule has 1 aliphatic carbocycles. The SMILES string of the molecule is C=C1C(=O)O[C@@H]2CC(C)=C([C@H](C)CCCOC(C)=O)[C@@H](O)[C@H]12. The van der Waals surface area contributed by atoms with Gasteiger partial charge in [-0.1, -0.05) is 19.1 Å². The van der Waals surface area contributed by atoms with Crippen molar-refractivity contribution in [1.29, 1.82) is 0 Å². The summed E-state index contributed by atoms with van der Waals surface area (Å²) in [4.78, 5) is 22.4. The van der Waals surface area contributed by atoms with Crippen LogP contribution in [0.2, 0.25) is 0 Å². The Bertz CT molecular complexity index is 519. The van der Waals surface area contributed by atoms with Gasteiger partial charge in [0, 0.05) is 18.9 Å². The third-order valence-electron chi connectivity index (χ3n) is 4.60. The first-order chi connectivity index (χ1) is 10.3. The summed E-state index contributed by atoms with van der Waals surface area (Å²) >= 11 is 0. The van der Waals surface area contributed by atoms with E-state index in [4.69, 9.17) is 9.47 Å². The molecule has 0 unspecified atom stereocenters. The van der Waals surface area contributed by atoms with Crippen LogP contribution in [0.4, 0.5) is 0 Å². The minimum Gasteiger partial charge on any atom is -0.466 e. The summed E-state index contributed by atoms with van der Waals surface area (Å²) in [5.74, 6) is -0.843. The van der Waals surface area contributed by atoms with Gasteiger partial charge < -0.3 is 14.6 Å². The Hall–Kier alpha value is -1.62. The highest BCUT2D eigenvalue weighted by Crippen LogP contribution is 2.43. The molecule has 0 aromatic carbocycles. The van der Waals surface area contributed by atoms with Crippen molar-refractivity contribution in [3.05, 3.63) is 23.3 Å². The lowest BCUT2D eigenvalue weighted by Crippen LogP contribution is -2.37. The first-order valence-corrected chi connectivity index (χ1v) is 7.73. The van der Waals surface area contributed by atoms with E-state index in [1.54, 1.807) is 0 Å². The number of fused-ring (bicyclic) bond motifs is 1. The van der Waals surface area contributed by atoms with Gasteiger partial charge in [-0.2, -0.15) is 0 Å². The van der Waals surface area contributed by atoms with E-state index in [-0.39, 0.29) is 23.9 Å². The molecular formula is C17H24O5. The van der Waals surface area contributed by atoms with E-state index in [1.165, 1.54) is 6.92 Å². The smallest absolute Gasteiger partial charge is 0.334 e. The Morgan fingerprint density at radius 1 is 1.55 bits per heavy atom. The van der Waals surface area contributed by atoms with Crippen molar-refractivity contribution in [1.82, 2.24) is 0 Å². The summed E-state index contributed by atoms with van der Waals surface area (Å²) in [5, 5.41) is 10.7. The molecule has 0 spiro atoms. The van der Waals surface area contributed by atoms with Crippen LogP contribution in [-0.4, -0.2) is 35.9 Å². The number of esters is 2. The van der Waals surface area contributed by atoms with Gasteiger partial charge in [0.25, 0.3) is 0 Å². The van der Waals surface area contributed by atoms with Gasteiger partial charge in [-0.25, -0.2) is 4.79 Å². The van der Waals surface area contributed by atoms with Gasteiger partial charge in [-0.05, 0) is 31.3 Å². The predicted molar refractivity (Wildman–Crippen MR) is 80.9 cm³/mol. The Balaban J connectivity index is 2.03. The Morgan fingerprint density at radius 2 is 2.23 bits per heavy atom. The number of ether oxygens (including phenoxy) is 2. The van der Waals surface area contributed by atoms with Gasteiger partial charge in [0.1, 0.15) is 6.10 Å². The molecule has 0 aromatic heterocycles. The van der Waals surface area contributed by atoms with Crippen molar-refractivity contribution in [3.63, 3.8) is 0 Å². The number of carbonyl (C=O) groups is 2. The van der Waals surface area contributed by atoms with Gasteiger partial charge in [0.05, 0.1) is 18.6 Å². The van der Waals surface area contributed by atoms with Gasteiger partial charge in [-0.3, -0.25) is 4.79 Å². The molecule has 0 saturated carbocycles. The zero-order valence-electron chi connectivity index (χ0n) is 13.4. The molecule has 0 radical (unpaired) electrons. The average molecular weight is 308 g/mol. The second-order valence-electron chi connectivity index (χ2n) is 6.26. The molecule has 0 bridgehead atoms. The molecule has 22 heavy (non-hydrogen) atoms. The molecule has 0 aromatic rings. The lowest BCUT2D eigenvalue weighted by atomic mass is 9.73. The summed E-state index contributed by atoms with van der Waals surface area (Å²) in [5.41, 5.74) is 2.43. The fourth-order valence-electron chi connectivity index (χ4n) is 3.55. The van der Waals surface area contributed by atoms with Gasteiger partial charge in [0.15, 0.2) is 0 Å². The third kappa shape index (κ3) is 3.24. The number of carbonyl (C=O) groups excluding carboxylic acids is 2. The molecule has 1 heterocycles. The number of rotatable bonds is 5. The monoisotopic (exact) mass is 308 g/mol. The van der Waals surface area contributed by atoms with Crippen LogP contribution < -0.4 is 0 Å². The highest BCUT2D eigenvalue weighted by atomic mass is 16.6. The second-order valence-corrected chi connectivity index (χ2v) is 6.26.